The van der Waals surface area contributed by atoms with Crippen LogP contribution >= 0.6 is 0 Å². The van der Waals surface area contributed by atoms with E-state index in [9.17, 15) is 4.79 Å². The molecule has 0 atom stereocenters. The molecule has 1 aromatic carbocycles. The van der Waals surface area contributed by atoms with Gasteiger partial charge in [-0.05, 0) is 6.07 Å². The Morgan fingerprint density at radius 1 is 1.64 bits per heavy atom. The van der Waals surface area contributed by atoms with Crippen LogP contribution < -0.4 is 5.32 Å². The molecule has 0 saturated heterocycles. The minimum atomic E-state index is -0.451. The average molecular weight is 150 g/mol. The van der Waals surface area contributed by atoms with Crippen LogP contribution in [-0.4, -0.2) is 6.09 Å². The smallest absolute Gasteiger partial charge is 0.411 e. The van der Waals surface area contributed by atoms with Gasteiger partial charge in [0.25, 0.3) is 0 Å². The van der Waals surface area contributed by atoms with Gasteiger partial charge in [0.2, 0.25) is 0 Å². The van der Waals surface area contributed by atoms with E-state index >= 15 is 0 Å². The lowest BCUT2D eigenvalue weighted by Gasteiger charge is -2.16. The number of fused-ring (bicyclic) bond motifs is 1. The highest BCUT2D eigenvalue weighted by Crippen LogP contribution is 2.19. The first-order valence-corrected chi connectivity index (χ1v) is 3.29. The molecule has 1 N–H and O–H groups in total. The number of nitrogens with one attached hydrogen (secondary N) is 1. The molecule has 0 aromatic heterocycles. The van der Waals surface area contributed by atoms with Crippen LogP contribution in [0, 0.1) is 0 Å². The van der Waals surface area contributed by atoms with Gasteiger partial charge in [0, 0.05) is 5.56 Å². The van der Waals surface area contributed by atoms with Crippen molar-refractivity contribution in [2.45, 2.75) is 6.61 Å². The van der Waals surface area contributed by atoms with Gasteiger partial charge in [0.05, 0.1) is 7.06 Å². The van der Waals surface area contributed by atoms with E-state index in [4.69, 9.17) is 6.11 Å². The molecule has 1 aliphatic rings. The van der Waals surface area contributed by atoms with E-state index in [-0.39, 0.29) is 0 Å². The second-order valence-corrected chi connectivity index (χ2v) is 2.28. The fourth-order valence-corrected chi connectivity index (χ4v) is 0.994. The molecular formula is C8H7NO2. The molecule has 0 radical (unpaired) electrons. The van der Waals surface area contributed by atoms with Crippen molar-refractivity contribution in [3.05, 3.63) is 29.8 Å². The molecule has 0 saturated carbocycles. The zero-order valence-corrected chi connectivity index (χ0v) is 5.76. The molecule has 1 aromatic rings. The Bertz CT molecular complexity index is 338. The number of hydrogen-bond acceptors (Lipinski definition) is 2. The van der Waals surface area contributed by atoms with Crippen molar-refractivity contribution >= 4 is 11.8 Å². The van der Waals surface area contributed by atoms with Gasteiger partial charge >= 0.3 is 6.09 Å². The van der Waals surface area contributed by atoms with Gasteiger partial charge in [-0.15, -0.1) is 0 Å². The van der Waals surface area contributed by atoms with Crippen LogP contribution in [0.4, 0.5) is 10.5 Å². The first-order valence-electron chi connectivity index (χ1n) is 3.79. The molecule has 0 fully saturated rings. The Balaban J connectivity index is 2.44. The van der Waals surface area contributed by atoms with Crippen LogP contribution in [0.5, 0.6) is 0 Å². The molecule has 3 nitrogen and oxygen atoms in total. The number of carbonyl (C=O) groups excluding carboxylic acids is 1. The predicted octanol–water partition coefficient (Wildman–Crippen LogP) is 1.75. The van der Waals surface area contributed by atoms with Gasteiger partial charge < -0.3 is 4.74 Å². The lowest BCUT2D eigenvalue weighted by atomic mass is 10.2. The number of benzene rings is 1. The highest BCUT2D eigenvalue weighted by atomic mass is 16.5. The minimum Gasteiger partial charge on any atom is -0.444 e. The van der Waals surface area contributed by atoms with Crippen LogP contribution in [0.2, 0.25) is 0 Å². The Kier molecular flexibility index (Phi) is 1.07. The monoisotopic (exact) mass is 150 g/mol. The third-order valence-corrected chi connectivity index (χ3v) is 1.55. The topological polar surface area (TPSA) is 38.3 Å². The van der Waals surface area contributed by atoms with Crippen molar-refractivity contribution in [1.29, 1.82) is 0 Å². The molecule has 2 rings (SSSR count). The fraction of sp³-hybridized carbons (Fsp3) is 0.125. The van der Waals surface area contributed by atoms with E-state index in [1.165, 1.54) is 0 Å². The first kappa shape index (κ1) is 5.18. The molecule has 1 heterocycles. The van der Waals surface area contributed by atoms with Gasteiger partial charge in [-0.3, -0.25) is 5.32 Å². The highest BCUT2D eigenvalue weighted by molar-refractivity contribution is 5.87. The van der Waals surface area contributed by atoms with Crippen LogP contribution in [0.3, 0.4) is 0 Å². The molecular weight excluding hydrogens is 142 g/mol. The Labute approximate surface area is 65.4 Å². The summed E-state index contributed by atoms with van der Waals surface area (Å²) in [5.41, 5.74) is 1.59. The highest BCUT2D eigenvalue weighted by Gasteiger charge is 2.13. The van der Waals surface area contributed by atoms with Crippen molar-refractivity contribution in [2.75, 3.05) is 5.32 Å². The number of para-hydroxylation sites is 1. The number of anilines is 1. The molecule has 0 aliphatic carbocycles. The maximum atomic E-state index is 10.7. The van der Waals surface area contributed by atoms with Crippen LogP contribution in [0.15, 0.2) is 24.2 Å². The van der Waals surface area contributed by atoms with Crippen molar-refractivity contribution in [2.24, 2.45) is 0 Å². The summed E-state index contributed by atoms with van der Waals surface area (Å²) in [4.78, 5) is 10.7. The summed E-state index contributed by atoms with van der Waals surface area (Å²) < 4.78 is 12.0. The van der Waals surface area contributed by atoms with Gasteiger partial charge in [0.1, 0.15) is 6.61 Å². The Morgan fingerprint density at radius 3 is 3.45 bits per heavy atom. The van der Waals surface area contributed by atoms with E-state index in [2.05, 4.69) is 5.32 Å². The lowest BCUT2D eigenvalue weighted by molar-refractivity contribution is 0.151. The summed E-state index contributed by atoms with van der Waals surface area (Å²) in [5, 5.41) is 2.52. The zero-order valence-electron chi connectivity index (χ0n) is 6.76. The molecule has 11 heavy (non-hydrogen) atoms. The zero-order chi connectivity index (χ0) is 8.55. The van der Waals surface area contributed by atoms with Crippen molar-refractivity contribution < 1.29 is 10.9 Å². The number of amides is 1. The summed E-state index contributed by atoms with van der Waals surface area (Å²) >= 11 is 0. The van der Waals surface area contributed by atoms with Crippen molar-refractivity contribution in [3.63, 3.8) is 0 Å². The number of cyclic esters (lactones) is 1. The SMILES string of the molecule is [2H]c1ccc2c(c1)NC(=O)OC2. The maximum Gasteiger partial charge on any atom is 0.411 e. The summed E-state index contributed by atoms with van der Waals surface area (Å²) in [6.07, 6.45) is -0.451. The predicted molar refractivity (Wildman–Crippen MR) is 40.2 cm³/mol. The molecule has 0 unspecified atom stereocenters. The fourth-order valence-electron chi connectivity index (χ4n) is 0.994. The maximum absolute atomic E-state index is 10.7. The van der Waals surface area contributed by atoms with Gasteiger partial charge in [0.15, 0.2) is 0 Å². The van der Waals surface area contributed by atoms with E-state index in [1.807, 2.05) is 0 Å². The number of rotatable bonds is 0. The van der Waals surface area contributed by atoms with Gasteiger partial charge in [-0.1, -0.05) is 18.2 Å². The van der Waals surface area contributed by atoms with Gasteiger partial charge in [-0.25, -0.2) is 4.79 Å². The standard InChI is InChI=1S/C8H7NO2/c10-8-9-7-4-2-1-3-6(7)5-11-8/h1-4H,5H2,(H,9,10)/i2D. The second kappa shape index (κ2) is 2.27. The lowest BCUT2D eigenvalue weighted by Crippen LogP contribution is -2.19. The summed E-state index contributed by atoms with van der Waals surface area (Å²) in [5.74, 6) is 0. The molecule has 0 bridgehead atoms. The van der Waals surface area contributed by atoms with Crippen LogP contribution in [0.1, 0.15) is 6.93 Å². The minimum absolute atomic E-state index is 0.293. The summed E-state index contributed by atoms with van der Waals surface area (Å²) in [6, 6.07) is 5.43. The molecule has 0 spiro atoms. The summed E-state index contributed by atoms with van der Waals surface area (Å²) in [6.45, 7) is 0.293. The summed E-state index contributed by atoms with van der Waals surface area (Å²) in [7, 11) is 0. The third-order valence-electron chi connectivity index (χ3n) is 1.55. The van der Waals surface area contributed by atoms with Gasteiger partial charge in [-0.2, -0.15) is 0 Å². The largest absolute Gasteiger partial charge is 0.444 e. The van der Waals surface area contributed by atoms with Crippen LogP contribution in [-0.2, 0) is 11.3 Å². The second-order valence-electron chi connectivity index (χ2n) is 2.28. The van der Waals surface area contributed by atoms with E-state index in [0.29, 0.717) is 18.3 Å². The molecule has 1 amide bonds. The average Bonchev–Trinajstić information content (AvgIpc) is 2.03. The number of hydrogen-bond donors (Lipinski definition) is 1. The molecule has 3 heteroatoms. The number of carbonyl (C=O) groups is 1. The van der Waals surface area contributed by atoms with Crippen molar-refractivity contribution in [1.82, 2.24) is 0 Å². The molecule has 56 valence electrons. The quantitative estimate of drug-likeness (QED) is 0.611. The third kappa shape index (κ3) is 1.05. The van der Waals surface area contributed by atoms with E-state index in [0.717, 1.165) is 5.56 Å². The number of ether oxygens (including phenoxy) is 1. The van der Waals surface area contributed by atoms with Crippen molar-refractivity contribution in [3.8, 4) is 0 Å². The Hall–Kier alpha value is -1.51. The normalized spacial score (nSPS) is 16.0. The Morgan fingerprint density at radius 2 is 2.55 bits per heavy atom. The van der Waals surface area contributed by atoms with Crippen LogP contribution in [0.25, 0.3) is 0 Å². The first-order chi connectivity index (χ1) is 5.75. The van der Waals surface area contributed by atoms with E-state index in [1.54, 1.807) is 18.2 Å². The molecule has 1 aliphatic heterocycles. The van der Waals surface area contributed by atoms with E-state index < -0.39 is 6.09 Å².